The first-order chi connectivity index (χ1) is 6.77. The Bertz CT molecular complexity index is 358. The number of ether oxygens (including phenoxy) is 1. The molecule has 14 heavy (non-hydrogen) atoms. The number of hydrogen-bond acceptors (Lipinski definition) is 3. The van der Waals surface area contributed by atoms with Gasteiger partial charge in [0.1, 0.15) is 0 Å². The summed E-state index contributed by atoms with van der Waals surface area (Å²) in [6.45, 7) is 3.20. The highest BCUT2D eigenvalue weighted by Gasteiger charge is 2.19. The molecular formula is C11H14O3. The molecule has 1 heterocycles. The van der Waals surface area contributed by atoms with E-state index in [2.05, 4.69) is 0 Å². The van der Waals surface area contributed by atoms with Crippen LogP contribution in [0, 0.1) is 6.92 Å². The summed E-state index contributed by atoms with van der Waals surface area (Å²) in [5.74, 6) is 0. The molecule has 1 aromatic rings. The number of aliphatic hydroxyl groups excluding tert-OH is 2. The highest BCUT2D eigenvalue weighted by atomic mass is 16.5. The lowest BCUT2D eigenvalue weighted by Crippen LogP contribution is -2.01. The van der Waals surface area contributed by atoms with Crippen LogP contribution in [0.5, 0.6) is 0 Å². The lowest BCUT2D eigenvalue weighted by Gasteiger charge is -2.11. The summed E-state index contributed by atoms with van der Waals surface area (Å²) < 4.78 is 5.34. The minimum atomic E-state index is 0.0129. The average Bonchev–Trinajstić information content (AvgIpc) is 2.68. The van der Waals surface area contributed by atoms with Gasteiger partial charge in [-0.15, -0.1) is 0 Å². The fraction of sp³-hybridized carbons (Fsp3) is 0.455. The van der Waals surface area contributed by atoms with Crippen molar-refractivity contribution in [1.82, 2.24) is 0 Å². The number of aliphatic hydroxyl groups is 2. The second kappa shape index (κ2) is 3.69. The van der Waals surface area contributed by atoms with Crippen molar-refractivity contribution in [3.8, 4) is 0 Å². The number of benzene rings is 1. The number of fused-ring (bicyclic) bond motifs is 1. The van der Waals surface area contributed by atoms with Crippen molar-refractivity contribution in [3.05, 3.63) is 33.9 Å². The zero-order valence-electron chi connectivity index (χ0n) is 8.21. The minimum absolute atomic E-state index is 0.0129. The van der Waals surface area contributed by atoms with Gasteiger partial charge in [-0.1, -0.05) is 6.07 Å². The molecule has 2 rings (SSSR count). The average molecular weight is 194 g/mol. The fourth-order valence-electron chi connectivity index (χ4n) is 1.96. The molecule has 76 valence electrons. The maximum absolute atomic E-state index is 9.18. The first kappa shape index (κ1) is 9.65. The number of hydrogen-bond donors (Lipinski definition) is 2. The molecule has 1 aromatic carbocycles. The van der Waals surface area contributed by atoms with Gasteiger partial charge in [0, 0.05) is 0 Å². The van der Waals surface area contributed by atoms with Crippen molar-refractivity contribution in [3.63, 3.8) is 0 Å². The normalized spacial score (nSPS) is 14.5. The Labute approximate surface area is 83.0 Å². The van der Waals surface area contributed by atoms with Crippen molar-refractivity contribution in [2.24, 2.45) is 0 Å². The summed E-state index contributed by atoms with van der Waals surface area (Å²) in [6.07, 6.45) is 0. The van der Waals surface area contributed by atoms with Gasteiger partial charge < -0.3 is 14.9 Å². The molecule has 0 radical (unpaired) electrons. The van der Waals surface area contributed by atoms with E-state index in [0.717, 1.165) is 27.8 Å². The Balaban J connectivity index is 2.60. The predicted octanol–water partition coefficient (Wildman–Crippen LogP) is 1.01. The molecule has 2 N–H and O–H groups in total. The van der Waals surface area contributed by atoms with Crippen LogP contribution in [-0.4, -0.2) is 10.2 Å². The molecule has 0 saturated carbocycles. The van der Waals surface area contributed by atoms with Gasteiger partial charge in [0.05, 0.1) is 26.4 Å². The molecule has 0 aliphatic carbocycles. The molecular weight excluding hydrogens is 180 g/mol. The Morgan fingerprint density at radius 3 is 2.43 bits per heavy atom. The maximum atomic E-state index is 9.18. The third-order valence-corrected chi connectivity index (χ3v) is 2.87. The standard InChI is InChI=1S/C11H14O3/c1-7-8(3-12)2-9(4-13)11-6-14-5-10(7)11/h2,12-13H,3-6H2,1H3. The minimum Gasteiger partial charge on any atom is -0.392 e. The first-order valence-electron chi connectivity index (χ1n) is 4.70. The molecule has 3 heteroatoms. The van der Waals surface area contributed by atoms with Gasteiger partial charge in [-0.25, -0.2) is 0 Å². The monoisotopic (exact) mass is 194 g/mol. The van der Waals surface area contributed by atoms with E-state index in [4.69, 9.17) is 9.84 Å². The Morgan fingerprint density at radius 2 is 1.79 bits per heavy atom. The molecule has 1 aliphatic heterocycles. The molecule has 1 aliphatic rings. The summed E-state index contributed by atoms with van der Waals surface area (Å²) in [5, 5.41) is 18.3. The van der Waals surface area contributed by atoms with Crippen LogP contribution in [-0.2, 0) is 31.2 Å². The molecule has 0 atom stereocenters. The SMILES string of the molecule is Cc1c(CO)cc(CO)c2c1COC2. The third-order valence-electron chi connectivity index (χ3n) is 2.87. The lowest BCUT2D eigenvalue weighted by molar-refractivity contribution is 0.133. The van der Waals surface area contributed by atoms with Crippen LogP contribution in [0.2, 0.25) is 0 Å². The molecule has 0 fully saturated rings. The molecule has 0 aromatic heterocycles. The Kier molecular flexibility index (Phi) is 2.54. The van der Waals surface area contributed by atoms with Crippen molar-refractivity contribution in [2.75, 3.05) is 0 Å². The van der Waals surface area contributed by atoms with Crippen molar-refractivity contribution in [2.45, 2.75) is 33.4 Å². The highest BCUT2D eigenvalue weighted by molar-refractivity contribution is 5.46. The van der Waals surface area contributed by atoms with Crippen LogP contribution < -0.4 is 0 Å². The molecule has 0 amide bonds. The van der Waals surface area contributed by atoms with Crippen LogP contribution >= 0.6 is 0 Å². The largest absolute Gasteiger partial charge is 0.392 e. The molecule has 3 nitrogen and oxygen atoms in total. The number of rotatable bonds is 2. The van der Waals surface area contributed by atoms with Gasteiger partial charge in [0.2, 0.25) is 0 Å². The maximum Gasteiger partial charge on any atom is 0.0728 e. The smallest absolute Gasteiger partial charge is 0.0728 e. The van der Waals surface area contributed by atoms with E-state index in [1.165, 1.54) is 0 Å². The predicted molar refractivity (Wildman–Crippen MR) is 51.5 cm³/mol. The Hall–Kier alpha value is -0.900. The summed E-state index contributed by atoms with van der Waals surface area (Å²) in [4.78, 5) is 0. The van der Waals surface area contributed by atoms with E-state index >= 15 is 0 Å². The molecule has 0 saturated heterocycles. The zero-order valence-corrected chi connectivity index (χ0v) is 8.21. The van der Waals surface area contributed by atoms with Crippen molar-refractivity contribution < 1.29 is 14.9 Å². The van der Waals surface area contributed by atoms with Crippen LogP contribution in [0.3, 0.4) is 0 Å². The van der Waals surface area contributed by atoms with E-state index in [-0.39, 0.29) is 13.2 Å². The van der Waals surface area contributed by atoms with Gasteiger partial charge in [-0.3, -0.25) is 0 Å². The molecule has 0 unspecified atom stereocenters. The second-order valence-electron chi connectivity index (χ2n) is 3.59. The molecule has 0 spiro atoms. The van der Waals surface area contributed by atoms with E-state index in [1.54, 1.807) is 0 Å². The van der Waals surface area contributed by atoms with Gasteiger partial charge in [-0.2, -0.15) is 0 Å². The summed E-state index contributed by atoms with van der Waals surface area (Å²) in [7, 11) is 0. The van der Waals surface area contributed by atoms with Crippen molar-refractivity contribution >= 4 is 0 Å². The van der Waals surface area contributed by atoms with Crippen LogP contribution in [0.1, 0.15) is 27.8 Å². The first-order valence-corrected chi connectivity index (χ1v) is 4.70. The summed E-state index contributed by atoms with van der Waals surface area (Å²) in [6, 6.07) is 1.86. The molecule has 0 bridgehead atoms. The van der Waals surface area contributed by atoms with E-state index < -0.39 is 0 Å². The van der Waals surface area contributed by atoms with Gasteiger partial charge >= 0.3 is 0 Å². The highest BCUT2D eigenvalue weighted by Crippen LogP contribution is 2.29. The zero-order chi connectivity index (χ0) is 10.1. The van der Waals surface area contributed by atoms with E-state index in [0.29, 0.717) is 13.2 Å². The second-order valence-corrected chi connectivity index (χ2v) is 3.59. The quantitative estimate of drug-likeness (QED) is 0.738. The topological polar surface area (TPSA) is 49.7 Å². The summed E-state index contributed by atoms with van der Waals surface area (Å²) >= 11 is 0. The van der Waals surface area contributed by atoms with Gasteiger partial charge in [-0.05, 0) is 34.7 Å². The lowest BCUT2D eigenvalue weighted by atomic mass is 9.94. The third kappa shape index (κ3) is 1.34. The fourth-order valence-corrected chi connectivity index (χ4v) is 1.96. The summed E-state index contributed by atoms with van der Waals surface area (Å²) in [5.41, 5.74) is 5.10. The van der Waals surface area contributed by atoms with Crippen LogP contribution in [0.15, 0.2) is 6.07 Å². The van der Waals surface area contributed by atoms with E-state index in [9.17, 15) is 5.11 Å². The van der Waals surface area contributed by atoms with Crippen molar-refractivity contribution in [1.29, 1.82) is 0 Å². The van der Waals surface area contributed by atoms with Gasteiger partial charge in [0.25, 0.3) is 0 Å². The van der Waals surface area contributed by atoms with Gasteiger partial charge in [0.15, 0.2) is 0 Å². The Morgan fingerprint density at radius 1 is 1.14 bits per heavy atom. The van der Waals surface area contributed by atoms with E-state index in [1.807, 2.05) is 13.0 Å². The van der Waals surface area contributed by atoms with Crippen LogP contribution in [0.4, 0.5) is 0 Å². The van der Waals surface area contributed by atoms with Crippen LogP contribution in [0.25, 0.3) is 0 Å².